The van der Waals surface area contributed by atoms with Crippen LogP contribution in [0.2, 0.25) is 5.02 Å². The van der Waals surface area contributed by atoms with Crippen molar-refractivity contribution in [3.63, 3.8) is 0 Å². The van der Waals surface area contributed by atoms with Crippen molar-refractivity contribution in [2.45, 2.75) is 38.6 Å². The van der Waals surface area contributed by atoms with Crippen LogP contribution in [0.15, 0.2) is 18.3 Å². The van der Waals surface area contributed by atoms with Gasteiger partial charge in [0, 0.05) is 23.3 Å². The highest BCUT2D eigenvalue weighted by Gasteiger charge is 2.28. The Kier molecular flexibility index (Phi) is 5.00. The van der Waals surface area contributed by atoms with Crippen LogP contribution < -0.4 is 5.32 Å². The Morgan fingerprint density at radius 2 is 2.10 bits per heavy atom. The van der Waals surface area contributed by atoms with Gasteiger partial charge in [-0.25, -0.2) is 0 Å². The van der Waals surface area contributed by atoms with Crippen molar-refractivity contribution in [1.29, 1.82) is 0 Å². The Bertz CT molecular complexity index is 470. The molecule has 1 aliphatic heterocycles. The lowest BCUT2D eigenvalue weighted by Crippen LogP contribution is -2.53. The van der Waals surface area contributed by atoms with Crippen LogP contribution in [-0.2, 0) is 0 Å². The molecule has 0 spiro atoms. The van der Waals surface area contributed by atoms with Gasteiger partial charge < -0.3 is 5.32 Å². The van der Waals surface area contributed by atoms with E-state index >= 15 is 0 Å². The SMILES string of the molecule is CC(C)(CNC(=O)c1cc(Cl)ccn1)N1CCCCC1. The molecule has 110 valence electrons. The average Bonchev–Trinajstić information content (AvgIpc) is 2.46. The molecule has 1 aliphatic rings. The van der Waals surface area contributed by atoms with Crippen molar-refractivity contribution in [3.05, 3.63) is 29.0 Å². The minimum absolute atomic E-state index is 0.0331. The van der Waals surface area contributed by atoms with E-state index in [1.807, 2.05) is 0 Å². The Morgan fingerprint density at radius 1 is 1.40 bits per heavy atom. The summed E-state index contributed by atoms with van der Waals surface area (Å²) in [5, 5.41) is 3.49. The number of carbonyl (C=O) groups excluding carboxylic acids is 1. The van der Waals surface area contributed by atoms with E-state index in [0.29, 0.717) is 17.3 Å². The quantitative estimate of drug-likeness (QED) is 0.929. The van der Waals surface area contributed by atoms with E-state index in [4.69, 9.17) is 11.6 Å². The van der Waals surface area contributed by atoms with Crippen LogP contribution in [0.3, 0.4) is 0 Å². The number of rotatable bonds is 4. The summed E-state index contributed by atoms with van der Waals surface area (Å²) >= 11 is 5.87. The average molecular weight is 296 g/mol. The van der Waals surface area contributed by atoms with E-state index in [9.17, 15) is 4.79 Å². The number of likely N-dealkylation sites (tertiary alicyclic amines) is 1. The number of amides is 1. The Morgan fingerprint density at radius 3 is 2.75 bits per heavy atom. The van der Waals surface area contributed by atoms with Gasteiger partial charge in [0.05, 0.1) is 0 Å². The summed E-state index contributed by atoms with van der Waals surface area (Å²) in [7, 11) is 0. The van der Waals surface area contributed by atoms with Gasteiger partial charge in [-0.3, -0.25) is 14.7 Å². The van der Waals surface area contributed by atoms with E-state index in [2.05, 4.69) is 29.0 Å². The molecule has 5 heteroatoms. The molecule has 0 atom stereocenters. The highest BCUT2D eigenvalue weighted by atomic mass is 35.5. The Hall–Kier alpha value is -1.13. The van der Waals surface area contributed by atoms with E-state index in [-0.39, 0.29) is 11.4 Å². The lowest BCUT2D eigenvalue weighted by atomic mass is 9.98. The summed E-state index contributed by atoms with van der Waals surface area (Å²) in [6, 6.07) is 3.25. The number of carbonyl (C=O) groups is 1. The predicted molar refractivity (Wildman–Crippen MR) is 81.1 cm³/mol. The van der Waals surface area contributed by atoms with Gasteiger partial charge in [0.15, 0.2) is 0 Å². The number of nitrogens with one attached hydrogen (secondary N) is 1. The van der Waals surface area contributed by atoms with Crippen LogP contribution in [0.25, 0.3) is 0 Å². The molecule has 0 saturated carbocycles. The fraction of sp³-hybridized carbons (Fsp3) is 0.600. The predicted octanol–water partition coefficient (Wildman–Crippen LogP) is 2.73. The fourth-order valence-corrected chi connectivity index (χ4v) is 2.69. The summed E-state index contributed by atoms with van der Waals surface area (Å²) in [5.74, 6) is -0.169. The molecule has 0 unspecified atom stereocenters. The van der Waals surface area contributed by atoms with Crippen LogP contribution in [0.1, 0.15) is 43.6 Å². The monoisotopic (exact) mass is 295 g/mol. The maximum absolute atomic E-state index is 12.1. The van der Waals surface area contributed by atoms with Crippen molar-refractivity contribution in [1.82, 2.24) is 15.2 Å². The van der Waals surface area contributed by atoms with Crippen molar-refractivity contribution in [2.24, 2.45) is 0 Å². The first kappa shape index (κ1) is 15.3. The van der Waals surface area contributed by atoms with Crippen molar-refractivity contribution >= 4 is 17.5 Å². The molecule has 0 radical (unpaired) electrons. The zero-order chi connectivity index (χ0) is 14.6. The fourth-order valence-electron chi connectivity index (χ4n) is 2.53. The standard InChI is InChI=1S/C15H22ClN3O/c1-15(2,19-8-4-3-5-9-19)11-18-14(20)13-10-12(16)6-7-17-13/h6-7,10H,3-5,8-9,11H2,1-2H3,(H,18,20). The largest absolute Gasteiger partial charge is 0.349 e. The van der Waals surface area contributed by atoms with E-state index in [1.54, 1.807) is 18.3 Å². The molecular weight excluding hydrogens is 274 g/mol. The van der Waals surface area contributed by atoms with E-state index < -0.39 is 0 Å². The van der Waals surface area contributed by atoms with Gasteiger partial charge in [-0.2, -0.15) is 0 Å². The van der Waals surface area contributed by atoms with Gasteiger partial charge in [-0.15, -0.1) is 0 Å². The van der Waals surface area contributed by atoms with Crippen LogP contribution >= 0.6 is 11.6 Å². The molecule has 4 nitrogen and oxygen atoms in total. The highest BCUT2D eigenvalue weighted by Crippen LogP contribution is 2.20. The van der Waals surface area contributed by atoms with Crippen molar-refractivity contribution < 1.29 is 4.79 Å². The van der Waals surface area contributed by atoms with Gasteiger partial charge in [0.2, 0.25) is 0 Å². The van der Waals surface area contributed by atoms with Gasteiger partial charge in [-0.05, 0) is 51.9 Å². The maximum atomic E-state index is 12.1. The van der Waals surface area contributed by atoms with Gasteiger partial charge in [0.1, 0.15) is 5.69 Å². The molecule has 1 amide bonds. The topological polar surface area (TPSA) is 45.2 Å². The summed E-state index contributed by atoms with van der Waals surface area (Å²) in [4.78, 5) is 18.6. The molecular formula is C15H22ClN3O. The van der Waals surface area contributed by atoms with Gasteiger partial charge in [0.25, 0.3) is 5.91 Å². The molecule has 1 aromatic rings. The van der Waals surface area contributed by atoms with Crippen LogP contribution in [0.5, 0.6) is 0 Å². The number of piperidine rings is 1. The van der Waals surface area contributed by atoms with Crippen LogP contribution in [-0.4, -0.2) is 41.0 Å². The molecule has 1 aromatic heterocycles. The zero-order valence-corrected chi connectivity index (χ0v) is 12.9. The minimum atomic E-state index is -0.169. The molecule has 20 heavy (non-hydrogen) atoms. The van der Waals surface area contributed by atoms with Crippen molar-refractivity contribution in [3.8, 4) is 0 Å². The van der Waals surface area contributed by atoms with E-state index in [1.165, 1.54) is 19.3 Å². The Labute approximate surface area is 125 Å². The number of halogens is 1. The summed E-state index contributed by atoms with van der Waals surface area (Å²) < 4.78 is 0. The third-order valence-electron chi connectivity index (χ3n) is 3.85. The van der Waals surface area contributed by atoms with Crippen molar-refractivity contribution in [2.75, 3.05) is 19.6 Å². The summed E-state index contributed by atoms with van der Waals surface area (Å²) in [5.41, 5.74) is 0.334. The Balaban J connectivity index is 1.91. The molecule has 1 saturated heterocycles. The first-order valence-corrected chi connectivity index (χ1v) is 7.52. The molecule has 1 N–H and O–H groups in total. The summed E-state index contributed by atoms with van der Waals surface area (Å²) in [6.45, 7) is 7.17. The molecule has 0 aromatic carbocycles. The summed E-state index contributed by atoms with van der Waals surface area (Å²) in [6.07, 6.45) is 5.35. The molecule has 0 aliphatic carbocycles. The molecule has 0 bridgehead atoms. The second kappa shape index (κ2) is 6.55. The molecule has 1 fully saturated rings. The highest BCUT2D eigenvalue weighted by molar-refractivity contribution is 6.30. The lowest BCUT2D eigenvalue weighted by molar-refractivity contribution is 0.0794. The third kappa shape index (κ3) is 3.93. The van der Waals surface area contributed by atoms with Crippen LogP contribution in [0.4, 0.5) is 0 Å². The normalized spacial score (nSPS) is 16.9. The number of pyridine rings is 1. The number of hydrogen-bond acceptors (Lipinski definition) is 3. The first-order valence-electron chi connectivity index (χ1n) is 7.14. The third-order valence-corrected chi connectivity index (χ3v) is 4.08. The second-order valence-corrected chi connectivity index (χ2v) is 6.34. The number of nitrogens with zero attached hydrogens (tertiary/aromatic N) is 2. The second-order valence-electron chi connectivity index (χ2n) is 5.90. The lowest BCUT2D eigenvalue weighted by Gasteiger charge is -2.41. The zero-order valence-electron chi connectivity index (χ0n) is 12.2. The van der Waals surface area contributed by atoms with Crippen LogP contribution in [0, 0.1) is 0 Å². The van der Waals surface area contributed by atoms with E-state index in [0.717, 1.165) is 13.1 Å². The first-order chi connectivity index (χ1) is 9.49. The van der Waals surface area contributed by atoms with Gasteiger partial charge >= 0.3 is 0 Å². The molecule has 2 heterocycles. The maximum Gasteiger partial charge on any atom is 0.269 e. The minimum Gasteiger partial charge on any atom is -0.349 e. The number of hydrogen-bond donors (Lipinski definition) is 1. The smallest absolute Gasteiger partial charge is 0.269 e. The molecule has 2 rings (SSSR count). The number of aromatic nitrogens is 1. The van der Waals surface area contributed by atoms with Gasteiger partial charge in [-0.1, -0.05) is 18.0 Å².